The smallest absolute Gasteiger partial charge is 0.282 e. The summed E-state index contributed by atoms with van der Waals surface area (Å²) >= 11 is 0. The van der Waals surface area contributed by atoms with Crippen molar-refractivity contribution in [3.63, 3.8) is 0 Å². The molecule has 0 unspecified atom stereocenters. The number of rotatable bonds is 4. The van der Waals surface area contributed by atoms with E-state index in [0.29, 0.717) is 48.7 Å². The number of nitrogens with zero attached hydrogens (tertiary/aromatic N) is 4. The lowest BCUT2D eigenvalue weighted by atomic mass is 10.0. The predicted molar refractivity (Wildman–Crippen MR) is 125 cm³/mol. The molecule has 33 heavy (non-hydrogen) atoms. The van der Waals surface area contributed by atoms with Gasteiger partial charge in [0.2, 0.25) is 0 Å². The normalized spacial score (nSPS) is 16.7. The van der Waals surface area contributed by atoms with Crippen molar-refractivity contribution in [3.8, 4) is 0 Å². The molecule has 5 rings (SSSR count). The molecule has 3 heterocycles. The standard InChI is InChI=1S/C26H23FN4O2/c1-18-5-7-19(8-6-18)23-24(26(33)31(25(23)32)21-11-9-20(27)10-12-21)30-16-14-29(15-17-30)22-4-2-3-13-28-22/h2-13H,14-17H2,1H3. The van der Waals surface area contributed by atoms with E-state index in [-0.39, 0.29) is 5.91 Å². The molecule has 0 aliphatic carbocycles. The van der Waals surface area contributed by atoms with Crippen molar-refractivity contribution < 1.29 is 14.0 Å². The Labute approximate surface area is 191 Å². The van der Waals surface area contributed by atoms with Crippen molar-refractivity contribution in [3.05, 3.63) is 95.6 Å². The van der Waals surface area contributed by atoms with Crippen LogP contribution < -0.4 is 9.80 Å². The Bertz CT molecular complexity index is 1220. The number of piperazine rings is 1. The highest BCUT2D eigenvalue weighted by Gasteiger charge is 2.43. The maximum atomic E-state index is 13.6. The highest BCUT2D eigenvalue weighted by molar-refractivity contribution is 6.45. The fraction of sp³-hybridized carbons (Fsp3) is 0.192. The van der Waals surface area contributed by atoms with Crippen molar-refractivity contribution in [1.82, 2.24) is 9.88 Å². The minimum Gasteiger partial charge on any atom is -0.363 e. The summed E-state index contributed by atoms with van der Waals surface area (Å²) in [6.45, 7) is 4.50. The number of amides is 2. The van der Waals surface area contributed by atoms with Gasteiger partial charge in [0.25, 0.3) is 11.8 Å². The van der Waals surface area contributed by atoms with E-state index in [0.717, 1.165) is 16.3 Å². The lowest BCUT2D eigenvalue weighted by Crippen LogP contribution is -2.48. The Morgan fingerprint density at radius 3 is 2.09 bits per heavy atom. The van der Waals surface area contributed by atoms with Crippen molar-refractivity contribution in [1.29, 1.82) is 0 Å². The Balaban J connectivity index is 1.50. The first kappa shape index (κ1) is 20.9. The van der Waals surface area contributed by atoms with Crippen LogP contribution in [-0.2, 0) is 9.59 Å². The van der Waals surface area contributed by atoms with E-state index < -0.39 is 11.7 Å². The Morgan fingerprint density at radius 1 is 0.788 bits per heavy atom. The largest absolute Gasteiger partial charge is 0.363 e. The number of benzene rings is 2. The van der Waals surface area contributed by atoms with Gasteiger partial charge in [0, 0.05) is 32.4 Å². The number of aryl methyl sites for hydroxylation is 1. The van der Waals surface area contributed by atoms with Gasteiger partial charge < -0.3 is 9.80 Å². The first-order valence-electron chi connectivity index (χ1n) is 10.9. The van der Waals surface area contributed by atoms with Crippen LogP contribution in [0.4, 0.5) is 15.9 Å². The number of anilines is 2. The number of hydrogen-bond acceptors (Lipinski definition) is 5. The van der Waals surface area contributed by atoms with Gasteiger partial charge in [-0.3, -0.25) is 9.59 Å². The van der Waals surface area contributed by atoms with Crippen molar-refractivity contribution in [2.75, 3.05) is 36.0 Å². The van der Waals surface area contributed by atoms with Crippen LogP contribution in [0.3, 0.4) is 0 Å². The molecule has 0 atom stereocenters. The molecule has 0 spiro atoms. The summed E-state index contributed by atoms with van der Waals surface area (Å²) in [4.78, 5) is 36.8. The molecule has 1 fully saturated rings. The quantitative estimate of drug-likeness (QED) is 0.578. The lowest BCUT2D eigenvalue weighted by Gasteiger charge is -2.37. The molecule has 0 bridgehead atoms. The van der Waals surface area contributed by atoms with Gasteiger partial charge in [-0.15, -0.1) is 0 Å². The fourth-order valence-corrected chi connectivity index (χ4v) is 4.32. The van der Waals surface area contributed by atoms with Gasteiger partial charge in [0.05, 0.1) is 11.3 Å². The first-order valence-corrected chi connectivity index (χ1v) is 10.9. The Morgan fingerprint density at radius 2 is 1.45 bits per heavy atom. The van der Waals surface area contributed by atoms with E-state index in [2.05, 4.69) is 9.88 Å². The van der Waals surface area contributed by atoms with E-state index in [1.807, 2.05) is 54.3 Å². The summed E-state index contributed by atoms with van der Waals surface area (Å²) in [5, 5.41) is 0. The van der Waals surface area contributed by atoms with E-state index in [1.165, 1.54) is 24.3 Å². The second-order valence-electron chi connectivity index (χ2n) is 8.17. The minimum absolute atomic E-state index is 0.359. The Hall–Kier alpha value is -4.00. The SMILES string of the molecule is Cc1ccc(C2=C(N3CCN(c4ccccn4)CC3)C(=O)N(c3ccc(F)cc3)C2=O)cc1. The van der Waals surface area contributed by atoms with Crippen LogP contribution in [0.1, 0.15) is 11.1 Å². The van der Waals surface area contributed by atoms with Crippen LogP contribution in [0, 0.1) is 12.7 Å². The van der Waals surface area contributed by atoms with Crippen LogP contribution >= 0.6 is 0 Å². The van der Waals surface area contributed by atoms with Crippen molar-refractivity contribution in [2.45, 2.75) is 6.92 Å². The number of hydrogen-bond donors (Lipinski definition) is 0. The van der Waals surface area contributed by atoms with Gasteiger partial charge in [-0.2, -0.15) is 0 Å². The molecule has 0 N–H and O–H groups in total. The number of aromatic nitrogens is 1. The molecular weight excluding hydrogens is 419 g/mol. The number of imide groups is 1. The summed E-state index contributed by atoms with van der Waals surface area (Å²) in [5.41, 5.74) is 2.91. The maximum Gasteiger partial charge on any atom is 0.282 e. The zero-order chi connectivity index (χ0) is 22.9. The first-order chi connectivity index (χ1) is 16.0. The molecule has 1 saturated heterocycles. The third-order valence-electron chi connectivity index (χ3n) is 6.05. The number of pyridine rings is 1. The molecule has 0 radical (unpaired) electrons. The summed E-state index contributed by atoms with van der Waals surface area (Å²) in [5.74, 6) is -0.298. The molecule has 2 aromatic carbocycles. The second kappa shape index (κ2) is 8.50. The van der Waals surface area contributed by atoms with Crippen molar-refractivity contribution >= 4 is 28.9 Å². The lowest BCUT2D eigenvalue weighted by molar-refractivity contribution is -0.120. The molecule has 1 aromatic heterocycles. The third kappa shape index (κ3) is 3.86. The third-order valence-corrected chi connectivity index (χ3v) is 6.05. The van der Waals surface area contributed by atoms with E-state index in [1.54, 1.807) is 6.20 Å². The van der Waals surface area contributed by atoms with Crippen LogP contribution in [0.25, 0.3) is 5.57 Å². The fourth-order valence-electron chi connectivity index (χ4n) is 4.32. The average Bonchev–Trinajstić information content (AvgIpc) is 3.11. The van der Waals surface area contributed by atoms with E-state index in [4.69, 9.17) is 0 Å². The average molecular weight is 442 g/mol. The van der Waals surface area contributed by atoms with Crippen LogP contribution in [0.5, 0.6) is 0 Å². The van der Waals surface area contributed by atoms with Crippen LogP contribution in [0.2, 0.25) is 0 Å². The van der Waals surface area contributed by atoms with Gasteiger partial charge in [-0.05, 0) is 48.9 Å². The molecule has 166 valence electrons. The predicted octanol–water partition coefficient (Wildman–Crippen LogP) is 3.64. The zero-order valence-electron chi connectivity index (χ0n) is 18.2. The van der Waals surface area contributed by atoms with Crippen molar-refractivity contribution in [2.24, 2.45) is 0 Å². The van der Waals surface area contributed by atoms with Gasteiger partial charge in [-0.25, -0.2) is 14.3 Å². The van der Waals surface area contributed by atoms with Gasteiger partial charge in [0.1, 0.15) is 17.3 Å². The summed E-state index contributed by atoms with van der Waals surface area (Å²) in [6.07, 6.45) is 1.76. The topological polar surface area (TPSA) is 56.8 Å². The van der Waals surface area contributed by atoms with E-state index >= 15 is 0 Å². The van der Waals surface area contributed by atoms with Gasteiger partial charge >= 0.3 is 0 Å². The maximum absolute atomic E-state index is 13.6. The van der Waals surface area contributed by atoms with Crippen LogP contribution in [-0.4, -0.2) is 47.9 Å². The zero-order valence-corrected chi connectivity index (χ0v) is 18.2. The monoisotopic (exact) mass is 442 g/mol. The summed E-state index contributed by atoms with van der Waals surface area (Å²) < 4.78 is 13.5. The molecule has 2 aliphatic rings. The molecule has 0 saturated carbocycles. The summed E-state index contributed by atoms with van der Waals surface area (Å²) in [6, 6.07) is 18.8. The Kier molecular flexibility index (Phi) is 5.38. The molecule has 2 aliphatic heterocycles. The molecular formula is C26H23FN4O2. The number of halogens is 1. The highest BCUT2D eigenvalue weighted by atomic mass is 19.1. The van der Waals surface area contributed by atoms with E-state index in [9.17, 15) is 14.0 Å². The summed E-state index contributed by atoms with van der Waals surface area (Å²) in [7, 11) is 0. The van der Waals surface area contributed by atoms with Crippen LogP contribution in [0.15, 0.2) is 78.6 Å². The number of carbonyl (C=O) groups excluding carboxylic acids is 2. The molecule has 7 heteroatoms. The van der Waals surface area contributed by atoms with Gasteiger partial charge in [-0.1, -0.05) is 35.9 Å². The number of carbonyl (C=O) groups is 2. The molecule has 6 nitrogen and oxygen atoms in total. The highest BCUT2D eigenvalue weighted by Crippen LogP contribution is 2.35. The minimum atomic E-state index is -0.421. The molecule has 3 aromatic rings. The second-order valence-corrected chi connectivity index (χ2v) is 8.17. The van der Waals surface area contributed by atoms with Gasteiger partial charge in [0.15, 0.2) is 0 Å². The molecule has 2 amide bonds.